The summed E-state index contributed by atoms with van der Waals surface area (Å²) in [4.78, 5) is 33.0. The molecule has 0 unspecified atom stereocenters. The third-order valence-electron chi connectivity index (χ3n) is 4.52. The molecule has 2 aromatic heterocycles. The van der Waals surface area contributed by atoms with Crippen LogP contribution in [0, 0.1) is 0 Å². The fourth-order valence-corrected chi connectivity index (χ4v) is 3.88. The molecular weight excluding hydrogens is 388 g/mol. The maximum absolute atomic E-state index is 12.7. The molecule has 29 heavy (non-hydrogen) atoms. The van der Waals surface area contributed by atoms with E-state index in [1.54, 1.807) is 18.3 Å². The molecule has 2 N–H and O–H groups in total. The van der Waals surface area contributed by atoms with Gasteiger partial charge in [-0.25, -0.2) is 4.98 Å². The second-order valence-corrected chi connectivity index (χ2v) is 7.28. The van der Waals surface area contributed by atoms with E-state index in [1.807, 2.05) is 41.8 Å². The molecule has 3 heterocycles. The molecule has 2 aromatic carbocycles. The van der Waals surface area contributed by atoms with Crippen molar-refractivity contribution in [2.24, 2.45) is 0 Å². The number of nitrogens with one attached hydrogen (secondary N) is 2. The molecule has 0 bridgehead atoms. The number of carbonyl (C=O) groups is 2. The zero-order chi connectivity index (χ0) is 19.8. The highest BCUT2D eigenvalue weighted by molar-refractivity contribution is 7.14. The quantitative estimate of drug-likeness (QED) is 0.541. The van der Waals surface area contributed by atoms with Crippen LogP contribution in [0.4, 0.5) is 10.8 Å². The molecule has 0 spiro atoms. The van der Waals surface area contributed by atoms with Crippen molar-refractivity contribution in [2.75, 3.05) is 17.2 Å². The number of aromatic nitrogens is 2. The minimum atomic E-state index is -0.311. The first-order chi connectivity index (χ1) is 14.2. The molecule has 1 aliphatic rings. The molecule has 7 nitrogen and oxygen atoms in total. The number of amides is 2. The first-order valence-electron chi connectivity index (χ1n) is 8.85. The van der Waals surface area contributed by atoms with Crippen LogP contribution in [-0.2, 0) is 4.79 Å². The molecule has 0 fully saturated rings. The third-order valence-corrected chi connectivity index (χ3v) is 5.28. The van der Waals surface area contributed by atoms with Crippen LogP contribution in [0.3, 0.4) is 0 Å². The summed E-state index contributed by atoms with van der Waals surface area (Å²) in [6, 6.07) is 14.9. The fraction of sp³-hybridized carbons (Fsp3) is 0.0476. The van der Waals surface area contributed by atoms with Crippen molar-refractivity contribution in [3.05, 3.63) is 65.8 Å². The summed E-state index contributed by atoms with van der Waals surface area (Å²) in [7, 11) is 0. The van der Waals surface area contributed by atoms with Crippen LogP contribution >= 0.6 is 11.3 Å². The van der Waals surface area contributed by atoms with Gasteiger partial charge in [-0.1, -0.05) is 24.3 Å². The lowest BCUT2D eigenvalue weighted by Gasteiger charge is -2.18. The predicted octanol–water partition coefficient (Wildman–Crippen LogP) is 3.94. The fourth-order valence-electron chi connectivity index (χ4n) is 3.16. The Hall–Kier alpha value is -3.78. The number of benzene rings is 2. The topological polar surface area (TPSA) is 93.2 Å². The number of ether oxygens (including phenoxy) is 1. The van der Waals surface area contributed by atoms with Gasteiger partial charge in [0, 0.05) is 22.5 Å². The first kappa shape index (κ1) is 17.3. The van der Waals surface area contributed by atoms with Crippen LogP contribution in [0.5, 0.6) is 5.75 Å². The van der Waals surface area contributed by atoms with Gasteiger partial charge in [0.25, 0.3) is 11.8 Å². The molecule has 8 heteroatoms. The molecule has 0 saturated heterocycles. The Balaban J connectivity index is 1.40. The summed E-state index contributed by atoms with van der Waals surface area (Å²) in [6.07, 6.45) is 1.62. The Morgan fingerprint density at radius 3 is 3.00 bits per heavy atom. The zero-order valence-electron chi connectivity index (χ0n) is 15.0. The lowest BCUT2D eigenvalue weighted by atomic mass is 10.1. The number of rotatable bonds is 3. The summed E-state index contributed by atoms with van der Waals surface area (Å²) in [5.74, 6) is 0.122. The van der Waals surface area contributed by atoms with E-state index in [0.29, 0.717) is 28.0 Å². The summed E-state index contributed by atoms with van der Waals surface area (Å²) < 4.78 is 5.37. The number of pyridine rings is 1. The predicted molar refractivity (Wildman–Crippen MR) is 111 cm³/mol. The van der Waals surface area contributed by atoms with Gasteiger partial charge in [0.1, 0.15) is 11.4 Å². The summed E-state index contributed by atoms with van der Waals surface area (Å²) in [5, 5.41) is 9.66. The number of thiazole rings is 1. The normalized spacial score (nSPS) is 12.8. The molecule has 0 atom stereocenters. The third kappa shape index (κ3) is 3.30. The standard InChI is InChI=1S/C21H14N4O3S/c26-18-10-28-17-6-5-13(9-15(17)23-18)16-11-29-21(24-16)25-20(27)19-14-4-2-1-3-12(14)7-8-22-19/h1-9,11H,10H2,(H,23,26)(H,24,25,27). The highest BCUT2D eigenvalue weighted by Crippen LogP contribution is 2.34. The van der Waals surface area contributed by atoms with E-state index in [9.17, 15) is 9.59 Å². The monoisotopic (exact) mass is 402 g/mol. The number of hydrogen-bond acceptors (Lipinski definition) is 6. The van der Waals surface area contributed by atoms with E-state index in [-0.39, 0.29) is 18.4 Å². The van der Waals surface area contributed by atoms with E-state index in [2.05, 4.69) is 20.6 Å². The van der Waals surface area contributed by atoms with Crippen molar-refractivity contribution < 1.29 is 14.3 Å². The highest BCUT2D eigenvalue weighted by atomic mass is 32.1. The zero-order valence-corrected chi connectivity index (χ0v) is 15.8. The number of fused-ring (bicyclic) bond motifs is 2. The van der Waals surface area contributed by atoms with Gasteiger partial charge in [0.15, 0.2) is 11.7 Å². The van der Waals surface area contributed by atoms with E-state index in [0.717, 1.165) is 16.3 Å². The van der Waals surface area contributed by atoms with Gasteiger partial charge < -0.3 is 10.1 Å². The van der Waals surface area contributed by atoms with Gasteiger partial charge in [-0.05, 0) is 29.7 Å². The largest absolute Gasteiger partial charge is 0.482 e. The Morgan fingerprint density at radius 2 is 2.07 bits per heavy atom. The van der Waals surface area contributed by atoms with Gasteiger partial charge in [-0.3, -0.25) is 19.9 Å². The van der Waals surface area contributed by atoms with E-state index < -0.39 is 0 Å². The summed E-state index contributed by atoms with van der Waals surface area (Å²) in [5.41, 5.74) is 2.47. The molecule has 1 aliphatic heterocycles. The number of carbonyl (C=O) groups excluding carboxylic acids is 2. The second-order valence-electron chi connectivity index (χ2n) is 6.42. The molecule has 5 rings (SSSR count). The smallest absolute Gasteiger partial charge is 0.276 e. The van der Waals surface area contributed by atoms with Crippen molar-refractivity contribution in [1.82, 2.24) is 9.97 Å². The molecule has 2 amide bonds. The highest BCUT2D eigenvalue weighted by Gasteiger charge is 2.18. The van der Waals surface area contributed by atoms with Crippen LogP contribution in [0.15, 0.2) is 60.1 Å². The lowest BCUT2D eigenvalue weighted by Crippen LogP contribution is -2.25. The Kier molecular flexibility index (Phi) is 4.18. The van der Waals surface area contributed by atoms with Gasteiger partial charge in [-0.15, -0.1) is 11.3 Å². The van der Waals surface area contributed by atoms with Crippen molar-refractivity contribution in [3.8, 4) is 17.0 Å². The summed E-state index contributed by atoms with van der Waals surface area (Å²) in [6.45, 7) is 0.0153. The SMILES string of the molecule is O=C1COc2ccc(-c3csc(NC(=O)c4nccc5ccccc45)n3)cc2N1. The maximum atomic E-state index is 12.7. The average Bonchev–Trinajstić information content (AvgIpc) is 3.21. The Bertz CT molecular complexity index is 1260. The van der Waals surface area contributed by atoms with Crippen LogP contribution in [-0.4, -0.2) is 28.4 Å². The minimum absolute atomic E-state index is 0.0153. The van der Waals surface area contributed by atoms with Gasteiger partial charge in [0.2, 0.25) is 0 Å². The van der Waals surface area contributed by atoms with Crippen molar-refractivity contribution in [2.45, 2.75) is 0 Å². The van der Waals surface area contributed by atoms with Gasteiger partial charge in [-0.2, -0.15) is 0 Å². The van der Waals surface area contributed by atoms with Crippen molar-refractivity contribution in [1.29, 1.82) is 0 Å². The summed E-state index contributed by atoms with van der Waals surface area (Å²) >= 11 is 1.32. The minimum Gasteiger partial charge on any atom is -0.482 e. The molecule has 4 aromatic rings. The second kappa shape index (κ2) is 6.99. The van der Waals surface area contributed by atoms with Crippen LogP contribution in [0.1, 0.15) is 10.5 Å². The van der Waals surface area contributed by atoms with E-state index in [4.69, 9.17) is 4.74 Å². The lowest BCUT2D eigenvalue weighted by molar-refractivity contribution is -0.118. The molecule has 142 valence electrons. The average molecular weight is 402 g/mol. The van der Waals surface area contributed by atoms with Gasteiger partial charge in [0.05, 0.1) is 11.4 Å². The molecular formula is C21H14N4O3S. The molecule has 0 saturated carbocycles. The van der Waals surface area contributed by atoms with Crippen LogP contribution in [0.2, 0.25) is 0 Å². The van der Waals surface area contributed by atoms with E-state index in [1.165, 1.54) is 11.3 Å². The first-order valence-corrected chi connectivity index (χ1v) is 9.73. The number of anilines is 2. The maximum Gasteiger partial charge on any atom is 0.276 e. The van der Waals surface area contributed by atoms with Crippen LogP contribution in [0.25, 0.3) is 22.0 Å². The van der Waals surface area contributed by atoms with E-state index >= 15 is 0 Å². The van der Waals surface area contributed by atoms with Gasteiger partial charge >= 0.3 is 0 Å². The van der Waals surface area contributed by atoms with Crippen molar-refractivity contribution >= 4 is 44.7 Å². The van der Waals surface area contributed by atoms with Crippen LogP contribution < -0.4 is 15.4 Å². The van der Waals surface area contributed by atoms with Crippen molar-refractivity contribution in [3.63, 3.8) is 0 Å². The number of hydrogen-bond donors (Lipinski definition) is 2. The molecule has 0 radical (unpaired) electrons. The number of nitrogens with zero attached hydrogens (tertiary/aromatic N) is 2. The Labute approximate surface area is 169 Å². The Morgan fingerprint density at radius 1 is 1.17 bits per heavy atom. The molecule has 0 aliphatic carbocycles.